The molecule has 0 aromatic rings. The monoisotopic (exact) mass is 172 g/mol. The van der Waals surface area contributed by atoms with Crippen LogP contribution in [0.5, 0.6) is 0 Å². The number of hydrogen-bond donors (Lipinski definition) is 3. The second-order valence-electron chi connectivity index (χ2n) is 4.02. The third kappa shape index (κ3) is 2.44. The zero-order chi connectivity index (χ0) is 9.03. The molecule has 1 heterocycles. The van der Waals surface area contributed by atoms with Crippen molar-refractivity contribution in [1.82, 2.24) is 10.6 Å². The van der Waals surface area contributed by atoms with Gasteiger partial charge in [-0.2, -0.15) is 0 Å². The zero-order valence-electron chi connectivity index (χ0n) is 8.06. The number of aliphatic hydroxyl groups is 1. The van der Waals surface area contributed by atoms with Crippen LogP contribution in [0.1, 0.15) is 26.7 Å². The van der Waals surface area contributed by atoms with Crippen molar-refractivity contribution in [2.45, 2.75) is 38.3 Å². The molecule has 0 amide bonds. The van der Waals surface area contributed by atoms with E-state index in [0.717, 1.165) is 25.9 Å². The Morgan fingerprint density at radius 1 is 1.58 bits per heavy atom. The lowest BCUT2D eigenvalue weighted by atomic mass is 9.90. The van der Waals surface area contributed by atoms with Gasteiger partial charge in [0.15, 0.2) is 0 Å². The molecule has 1 rings (SSSR count). The molecular weight excluding hydrogens is 152 g/mol. The molecule has 0 spiro atoms. The highest BCUT2D eigenvalue weighted by atomic mass is 16.3. The van der Waals surface area contributed by atoms with E-state index in [9.17, 15) is 5.11 Å². The largest absolute Gasteiger partial charge is 0.394 e. The number of nitrogens with one attached hydrogen (secondary N) is 2. The molecule has 0 radical (unpaired) electrons. The van der Waals surface area contributed by atoms with Crippen molar-refractivity contribution in [2.24, 2.45) is 0 Å². The topological polar surface area (TPSA) is 44.3 Å². The molecule has 1 aliphatic heterocycles. The quantitative estimate of drug-likeness (QED) is 0.565. The maximum absolute atomic E-state index is 9.29. The third-order valence-corrected chi connectivity index (χ3v) is 2.37. The van der Waals surface area contributed by atoms with Gasteiger partial charge in [0.1, 0.15) is 0 Å². The molecule has 0 aliphatic carbocycles. The van der Waals surface area contributed by atoms with Crippen molar-refractivity contribution >= 4 is 0 Å². The molecule has 72 valence electrons. The lowest BCUT2D eigenvalue weighted by Crippen LogP contribution is -2.60. The summed E-state index contributed by atoms with van der Waals surface area (Å²) in [5.74, 6) is 0. The van der Waals surface area contributed by atoms with Crippen molar-refractivity contribution in [3.05, 3.63) is 0 Å². The molecule has 0 saturated carbocycles. The van der Waals surface area contributed by atoms with Gasteiger partial charge in [-0.1, -0.05) is 13.8 Å². The number of piperidine rings is 1. The summed E-state index contributed by atoms with van der Waals surface area (Å²) in [7, 11) is 0. The van der Waals surface area contributed by atoms with Crippen molar-refractivity contribution in [2.75, 3.05) is 19.7 Å². The molecule has 3 N–H and O–H groups in total. The van der Waals surface area contributed by atoms with Crippen molar-refractivity contribution < 1.29 is 5.11 Å². The smallest absolute Gasteiger partial charge is 0.0625 e. The van der Waals surface area contributed by atoms with Gasteiger partial charge in [0, 0.05) is 12.6 Å². The van der Waals surface area contributed by atoms with Crippen LogP contribution in [0, 0.1) is 0 Å². The first-order valence-corrected chi connectivity index (χ1v) is 4.78. The predicted octanol–water partition coefficient (Wildman–Crippen LogP) is 0.0989. The predicted molar refractivity (Wildman–Crippen MR) is 50.2 cm³/mol. The van der Waals surface area contributed by atoms with Crippen LogP contribution in [-0.4, -0.2) is 36.4 Å². The number of hydrogen-bond acceptors (Lipinski definition) is 3. The second kappa shape index (κ2) is 4.21. The highest BCUT2D eigenvalue weighted by Gasteiger charge is 2.31. The molecule has 12 heavy (non-hydrogen) atoms. The normalized spacial score (nSPS) is 31.0. The maximum Gasteiger partial charge on any atom is 0.0625 e. The number of aliphatic hydroxyl groups excluding tert-OH is 1. The van der Waals surface area contributed by atoms with Crippen LogP contribution in [0.2, 0.25) is 0 Å². The van der Waals surface area contributed by atoms with E-state index < -0.39 is 0 Å². The Labute approximate surface area is 74.5 Å². The van der Waals surface area contributed by atoms with Crippen LogP contribution in [0.4, 0.5) is 0 Å². The molecule has 0 bridgehead atoms. The van der Waals surface area contributed by atoms with E-state index in [1.807, 2.05) is 0 Å². The zero-order valence-corrected chi connectivity index (χ0v) is 8.06. The first-order valence-electron chi connectivity index (χ1n) is 4.78. The van der Waals surface area contributed by atoms with Gasteiger partial charge >= 0.3 is 0 Å². The summed E-state index contributed by atoms with van der Waals surface area (Å²) in [5, 5.41) is 16.0. The Hall–Kier alpha value is -0.120. The third-order valence-electron chi connectivity index (χ3n) is 2.37. The summed E-state index contributed by atoms with van der Waals surface area (Å²) in [6.45, 7) is 6.44. The molecule has 1 fully saturated rings. The lowest BCUT2D eigenvalue weighted by Gasteiger charge is -2.38. The van der Waals surface area contributed by atoms with E-state index >= 15 is 0 Å². The molecule has 1 atom stereocenters. The minimum absolute atomic E-state index is 0.0631. The first kappa shape index (κ1) is 9.96. The Kier molecular flexibility index (Phi) is 3.50. The SMILES string of the molecule is CC(C)NC1(CO)CCCNC1. The molecule has 1 aliphatic rings. The Balaban J connectivity index is 2.48. The standard InChI is InChI=1S/C9H20N2O/c1-8(2)11-9(7-12)4-3-5-10-6-9/h8,10-12H,3-7H2,1-2H3. The van der Waals surface area contributed by atoms with Crippen LogP contribution >= 0.6 is 0 Å². The summed E-state index contributed by atoms with van der Waals surface area (Å²) in [4.78, 5) is 0. The average molecular weight is 172 g/mol. The molecule has 1 saturated heterocycles. The van der Waals surface area contributed by atoms with E-state index in [2.05, 4.69) is 24.5 Å². The van der Waals surface area contributed by atoms with E-state index in [4.69, 9.17) is 0 Å². The van der Waals surface area contributed by atoms with Crippen LogP contribution in [-0.2, 0) is 0 Å². The van der Waals surface area contributed by atoms with Gasteiger partial charge in [-0.15, -0.1) is 0 Å². The minimum atomic E-state index is -0.0631. The average Bonchev–Trinajstić information content (AvgIpc) is 2.05. The van der Waals surface area contributed by atoms with Gasteiger partial charge < -0.3 is 15.7 Å². The molecule has 0 aromatic carbocycles. The molecule has 1 unspecified atom stereocenters. The Morgan fingerprint density at radius 3 is 2.75 bits per heavy atom. The first-order chi connectivity index (χ1) is 5.68. The molecule has 3 heteroatoms. The fourth-order valence-electron chi connectivity index (χ4n) is 1.88. The summed E-state index contributed by atoms with van der Waals surface area (Å²) >= 11 is 0. The van der Waals surface area contributed by atoms with Gasteiger partial charge in [-0.25, -0.2) is 0 Å². The highest BCUT2D eigenvalue weighted by molar-refractivity contribution is 4.93. The van der Waals surface area contributed by atoms with E-state index in [1.165, 1.54) is 0 Å². The van der Waals surface area contributed by atoms with Crippen LogP contribution in [0.25, 0.3) is 0 Å². The van der Waals surface area contributed by atoms with Crippen LogP contribution in [0.15, 0.2) is 0 Å². The van der Waals surface area contributed by atoms with Gasteiger partial charge in [-0.05, 0) is 19.4 Å². The van der Waals surface area contributed by atoms with E-state index in [1.54, 1.807) is 0 Å². The van der Waals surface area contributed by atoms with Gasteiger partial charge in [-0.3, -0.25) is 0 Å². The highest BCUT2D eigenvalue weighted by Crippen LogP contribution is 2.15. The summed E-state index contributed by atoms with van der Waals surface area (Å²) < 4.78 is 0. The summed E-state index contributed by atoms with van der Waals surface area (Å²) in [5.41, 5.74) is -0.0631. The Bertz CT molecular complexity index is 130. The maximum atomic E-state index is 9.29. The van der Waals surface area contributed by atoms with Gasteiger partial charge in [0.25, 0.3) is 0 Å². The summed E-state index contributed by atoms with van der Waals surface area (Å²) in [6.07, 6.45) is 2.23. The number of rotatable bonds is 3. The molecular formula is C9H20N2O. The van der Waals surface area contributed by atoms with Crippen LogP contribution < -0.4 is 10.6 Å². The summed E-state index contributed by atoms with van der Waals surface area (Å²) in [6, 6.07) is 0.442. The van der Waals surface area contributed by atoms with Crippen molar-refractivity contribution in [1.29, 1.82) is 0 Å². The lowest BCUT2D eigenvalue weighted by molar-refractivity contribution is 0.123. The van der Waals surface area contributed by atoms with Crippen molar-refractivity contribution in [3.8, 4) is 0 Å². The molecule has 3 nitrogen and oxygen atoms in total. The Morgan fingerprint density at radius 2 is 2.33 bits per heavy atom. The van der Waals surface area contributed by atoms with Crippen molar-refractivity contribution in [3.63, 3.8) is 0 Å². The van der Waals surface area contributed by atoms with Crippen LogP contribution in [0.3, 0.4) is 0 Å². The fourth-order valence-corrected chi connectivity index (χ4v) is 1.88. The van der Waals surface area contributed by atoms with E-state index in [-0.39, 0.29) is 12.1 Å². The minimum Gasteiger partial charge on any atom is -0.394 e. The fraction of sp³-hybridized carbons (Fsp3) is 1.00. The van der Waals surface area contributed by atoms with Gasteiger partial charge in [0.05, 0.1) is 12.1 Å². The molecule has 0 aromatic heterocycles. The second-order valence-corrected chi connectivity index (χ2v) is 4.02. The van der Waals surface area contributed by atoms with E-state index in [0.29, 0.717) is 6.04 Å². The van der Waals surface area contributed by atoms with Gasteiger partial charge in [0.2, 0.25) is 0 Å².